The van der Waals surface area contributed by atoms with Crippen LogP contribution < -0.4 is 10.1 Å². The Balaban J connectivity index is 0.00000220. The van der Waals surface area contributed by atoms with E-state index in [-0.39, 0.29) is 18.5 Å². The number of rotatable bonds is 6. The van der Waals surface area contributed by atoms with E-state index >= 15 is 0 Å². The molecule has 4 heteroatoms. The highest BCUT2D eigenvalue weighted by molar-refractivity contribution is 14.1. The number of ether oxygens (including phenoxy) is 1. The maximum atomic E-state index is 6.20. The van der Waals surface area contributed by atoms with Crippen LogP contribution in [0.25, 0.3) is 0 Å². The molecule has 0 unspecified atom stereocenters. The lowest BCUT2D eigenvalue weighted by Gasteiger charge is -2.20. The highest BCUT2D eigenvalue weighted by Crippen LogP contribution is 2.26. The molecule has 2 aromatic carbocycles. The molecule has 2 aromatic rings. The third kappa shape index (κ3) is 5.49. The molecule has 114 valence electrons. The van der Waals surface area contributed by atoms with Gasteiger partial charge in [-0.25, -0.2) is 0 Å². The highest BCUT2D eigenvalue weighted by Gasteiger charge is 2.13. The van der Waals surface area contributed by atoms with Crippen molar-refractivity contribution in [3.63, 3.8) is 0 Å². The summed E-state index contributed by atoms with van der Waals surface area (Å²) >= 11 is 2.34. The molecule has 0 heterocycles. The molecule has 2 nitrogen and oxygen atoms in total. The second kappa shape index (κ2) is 9.28. The average molecular weight is 418 g/mol. The molecule has 0 fully saturated rings. The molecule has 0 saturated carbocycles. The van der Waals surface area contributed by atoms with Gasteiger partial charge in [-0.15, -0.1) is 12.4 Å². The third-order valence-corrected chi connectivity index (χ3v) is 4.45. The lowest BCUT2D eigenvalue weighted by Crippen LogP contribution is -2.16. The fourth-order valence-corrected chi connectivity index (χ4v) is 2.43. The van der Waals surface area contributed by atoms with Gasteiger partial charge in [-0.1, -0.05) is 30.3 Å². The van der Waals surface area contributed by atoms with Gasteiger partial charge >= 0.3 is 0 Å². The van der Waals surface area contributed by atoms with E-state index in [9.17, 15) is 0 Å². The first-order valence-electron chi connectivity index (χ1n) is 6.83. The van der Waals surface area contributed by atoms with Crippen molar-refractivity contribution in [2.45, 2.75) is 19.4 Å². The van der Waals surface area contributed by atoms with E-state index in [1.165, 1.54) is 14.7 Å². The van der Waals surface area contributed by atoms with Gasteiger partial charge in [-0.2, -0.15) is 0 Å². The zero-order valence-electron chi connectivity index (χ0n) is 12.3. The second-order valence-corrected chi connectivity index (χ2v) is 5.98. The summed E-state index contributed by atoms with van der Waals surface area (Å²) in [4.78, 5) is 0. The number of hydrogen-bond donors (Lipinski definition) is 1. The summed E-state index contributed by atoms with van der Waals surface area (Å²) in [5.74, 6) is 0.938. The Kier molecular flexibility index (Phi) is 8.07. The van der Waals surface area contributed by atoms with Gasteiger partial charge in [-0.3, -0.25) is 0 Å². The molecule has 0 aliphatic rings. The van der Waals surface area contributed by atoms with E-state index in [1.807, 2.05) is 19.2 Å². The van der Waals surface area contributed by atoms with Gasteiger partial charge in [-0.05, 0) is 72.4 Å². The van der Waals surface area contributed by atoms with Crippen LogP contribution in [-0.2, 0) is 0 Å². The molecular weight excluding hydrogens is 397 g/mol. The van der Waals surface area contributed by atoms with Crippen LogP contribution >= 0.6 is 35.0 Å². The third-order valence-electron chi connectivity index (χ3n) is 3.24. The minimum atomic E-state index is 0. The fourth-order valence-electron chi connectivity index (χ4n) is 2.09. The topological polar surface area (TPSA) is 21.3 Å². The quantitative estimate of drug-likeness (QED) is 0.685. The van der Waals surface area contributed by atoms with Crippen molar-refractivity contribution >= 4 is 35.0 Å². The van der Waals surface area contributed by atoms with Crippen molar-refractivity contribution in [3.8, 4) is 5.75 Å². The SMILES string of the molecule is CNCC[C@H](Oc1ccc(I)c(C)c1)c1ccccc1.Cl. The average Bonchev–Trinajstić information content (AvgIpc) is 2.48. The van der Waals surface area contributed by atoms with E-state index in [4.69, 9.17) is 4.74 Å². The smallest absolute Gasteiger partial charge is 0.125 e. The van der Waals surface area contributed by atoms with E-state index in [2.05, 4.69) is 71.2 Å². The summed E-state index contributed by atoms with van der Waals surface area (Å²) < 4.78 is 7.46. The molecule has 2 rings (SSSR count). The molecule has 21 heavy (non-hydrogen) atoms. The first kappa shape index (κ1) is 18.3. The van der Waals surface area contributed by atoms with Crippen LogP contribution in [0.4, 0.5) is 0 Å². The lowest BCUT2D eigenvalue weighted by molar-refractivity contribution is 0.195. The summed E-state index contributed by atoms with van der Waals surface area (Å²) in [6.07, 6.45) is 1.04. The van der Waals surface area contributed by atoms with Gasteiger partial charge in [0, 0.05) is 9.99 Å². The number of hydrogen-bond acceptors (Lipinski definition) is 2. The van der Waals surface area contributed by atoms with E-state index < -0.39 is 0 Å². The van der Waals surface area contributed by atoms with Crippen molar-refractivity contribution < 1.29 is 4.74 Å². The van der Waals surface area contributed by atoms with Gasteiger partial charge in [0.1, 0.15) is 11.9 Å². The van der Waals surface area contributed by atoms with Gasteiger partial charge in [0.25, 0.3) is 0 Å². The molecule has 0 saturated heterocycles. The number of benzene rings is 2. The number of nitrogens with one attached hydrogen (secondary N) is 1. The molecule has 0 aromatic heterocycles. The van der Waals surface area contributed by atoms with Gasteiger partial charge in [0.05, 0.1) is 0 Å². The second-order valence-electron chi connectivity index (χ2n) is 4.82. The Morgan fingerprint density at radius 2 is 1.86 bits per heavy atom. The molecule has 0 aliphatic carbocycles. The largest absolute Gasteiger partial charge is 0.486 e. The minimum absolute atomic E-state index is 0. The van der Waals surface area contributed by atoms with Crippen molar-refractivity contribution in [1.29, 1.82) is 0 Å². The molecule has 0 aliphatic heterocycles. The molecular formula is C17H21ClINO. The van der Waals surface area contributed by atoms with Crippen LogP contribution in [0.3, 0.4) is 0 Å². The Hall–Kier alpha value is -0.780. The zero-order valence-corrected chi connectivity index (χ0v) is 15.3. The van der Waals surface area contributed by atoms with Crippen LogP contribution in [-0.4, -0.2) is 13.6 Å². The molecule has 0 bridgehead atoms. The van der Waals surface area contributed by atoms with Crippen molar-refractivity contribution in [1.82, 2.24) is 5.32 Å². The van der Waals surface area contributed by atoms with Gasteiger partial charge < -0.3 is 10.1 Å². The summed E-state index contributed by atoms with van der Waals surface area (Å²) in [5, 5.41) is 3.19. The summed E-state index contributed by atoms with van der Waals surface area (Å²) in [6, 6.07) is 16.7. The summed E-state index contributed by atoms with van der Waals surface area (Å²) in [7, 11) is 1.97. The monoisotopic (exact) mass is 417 g/mol. The van der Waals surface area contributed by atoms with Crippen LogP contribution in [0.1, 0.15) is 23.7 Å². The predicted molar refractivity (Wildman–Crippen MR) is 99.5 cm³/mol. The van der Waals surface area contributed by atoms with Crippen LogP contribution in [0.15, 0.2) is 48.5 Å². The van der Waals surface area contributed by atoms with E-state index in [0.29, 0.717) is 0 Å². The van der Waals surface area contributed by atoms with Crippen molar-refractivity contribution in [2.24, 2.45) is 0 Å². The van der Waals surface area contributed by atoms with Crippen LogP contribution in [0.5, 0.6) is 5.75 Å². The van der Waals surface area contributed by atoms with Gasteiger partial charge in [0.2, 0.25) is 0 Å². The number of halogens is 2. The Morgan fingerprint density at radius 3 is 2.48 bits per heavy atom. The minimum Gasteiger partial charge on any atom is -0.486 e. The van der Waals surface area contributed by atoms with Gasteiger partial charge in [0.15, 0.2) is 0 Å². The fraction of sp³-hybridized carbons (Fsp3) is 0.294. The van der Waals surface area contributed by atoms with Crippen molar-refractivity contribution in [3.05, 3.63) is 63.2 Å². The molecule has 0 amide bonds. The first-order chi connectivity index (χ1) is 9.70. The van der Waals surface area contributed by atoms with Crippen molar-refractivity contribution in [2.75, 3.05) is 13.6 Å². The molecule has 1 atom stereocenters. The normalized spacial score (nSPS) is 11.6. The van der Waals surface area contributed by atoms with E-state index in [1.54, 1.807) is 0 Å². The Morgan fingerprint density at radius 1 is 1.14 bits per heavy atom. The Labute approximate surface area is 146 Å². The maximum Gasteiger partial charge on any atom is 0.125 e. The summed E-state index contributed by atoms with van der Waals surface area (Å²) in [6.45, 7) is 3.04. The molecule has 0 radical (unpaired) electrons. The number of aryl methyl sites for hydroxylation is 1. The molecule has 1 N–H and O–H groups in total. The molecule has 0 spiro atoms. The lowest BCUT2D eigenvalue weighted by atomic mass is 10.1. The predicted octanol–water partition coefficient (Wildman–Crippen LogP) is 4.75. The van der Waals surface area contributed by atoms with E-state index in [0.717, 1.165) is 18.7 Å². The standard InChI is InChI=1S/C17H20INO.ClH/c1-13-12-15(8-9-16(13)18)20-17(10-11-19-2)14-6-4-3-5-7-14;/h3-9,12,17,19H,10-11H2,1-2H3;1H/t17-;/m0./s1. The summed E-state index contributed by atoms with van der Waals surface area (Å²) in [5.41, 5.74) is 2.47. The van der Waals surface area contributed by atoms with Crippen LogP contribution in [0, 0.1) is 10.5 Å². The Bertz CT molecular complexity index is 548. The zero-order chi connectivity index (χ0) is 14.4. The highest BCUT2D eigenvalue weighted by atomic mass is 127. The first-order valence-corrected chi connectivity index (χ1v) is 7.91. The maximum absolute atomic E-state index is 6.20. The van der Waals surface area contributed by atoms with Crippen LogP contribution in [0.2, 0.25) is 0 Å².